The number of nitrogens with one attached hydrogen (secondary N) is 1. The van der Waals surface area contributed by atoms with E-state index >= 15 is 0 Å². The topological polar surface area (TPSA) is 101 Å². The summed E-state index contributed by atoms with van der Waals surface area (Å²) in [4.78, 5) is 14.1. The van der Waals surface area contributed by atoms with E-state index in [2.05, 4.69) is 10.3 Å². The Morgan fingerprint density at radius 1 is 1.43 bits per heavy atom. The van der Waals surface area contributed by atoms with Gasteiger partial charge in [-0.3, -0.25) is 10.1 Å². The molecule has 1 aromatic carbocycles. The molecule has 0 saturated carbocycles. The quantitative estimate of drug-likeness (QED) is 0.668. The third-order valence-corrected chi connectivity index (χ3v) is 2.84. The van der Waals surface area contributed by atoms with Crippen molar-refractivity contribution >= 4 is 11.4 Å². The van der Waals surface area contributed by atoms with Crippen molar-refractivity contribution in [3.05, 3.63) is 57.9 Å². The maximum Gasteiger partial charge on any atom is 0.310 e. The van der Waals surface area contributed by atoms with Crippen LogP contribution in [-0.4, -0.2) is 17.0 Å². The van der Waals surface area contributed by atoms with Crippen LogP contribution < -0.4 is 10.1 Å². The summed E-state index contributed by atoms with van der Waals surface area (Å²) < 4.78 is 5.06. The molecule has 0 radical (unpaired) electrons. The molecule has 21 heavy (non-hydrogen) atoms. The first kappa shape index (κ1) is 14.3. The Hall–Kier alpha value is -3.14. The van der Waals surface area contributed by atoms with Crippen LogP contribution in [0, 0.1) is 21.4 Å². The van der Waals surface area contributed by atoms with Crippen molar-refractivity contribution in [1.82, 2.24) is 4.98 Å². The van der Waals surface area contributed by atoms with Crippen LogP contribution >= 0.6 is 0 Å². The molecule has 0 unspecified atom stereocenters. The summed E-state index contributed by atoms with van der Waals surface area (Å²) in [6.07, 6.45) is 1.08. The minimum atomic E-state index is -0.537. The molecule has 1 heterocycles. The highest BCUT2D eigenvalue weighted by atomic mass is 16.6. The fourth-order valence-electron chi connectivity index (χ4n) is 1.74. The fourth-order valence-corrected chi connectivity index (χ4v) is 1.74. The molecule has 106 valence electrons. The van der Waals surface area contributed by atoms with Gasteiger partial charge in [0.2, 0.25) is 0 Å². The predicted molar refractivity (Wildman–Crippen MR) is 75.9 cm³/mol. The highest BCUT2D eigenvalue weighted by Crippen LogP contribution is 2.24. The van der Waals surface area contributed by atoms with E-state index in [4.69, 9.17) is 10.00 Å². The number of rotatable bonds is 5. The molecular weight excluding hydrogens is 272 g/mol. The third kappa shape index (κ3) is 3.45. The lowest BCUT2D eigenvalue weighted by Crippen LogP contribution is -2.04. The Bertz CT molecular complexity index is 692. The Kier molecular flexibility index (Phi) is 4.31. The summed E-state index contributed by atoms with van der Waals surface area (Å²) in [5.41, 5.74) is 1.16. The molecule has 1 aromatic heterocycles. The van der Waals surface area contributed by atoms with Gasteiger partial charge in [-0.2, -0.15) is 5.26 Å². The zero-order valence-corrected chi connectivity index (χ0v) is 11.2. The SMILES string of the molecule is COc1ccc(CNc2cc(C#N)ncc2[N+](=O)[O-])cc1. The predicted octanol–water partition coefficient (Wildman–Crippen LogP) is 2.48. The number of pyridine rings is 1. The van der Waals surface area contributed by atoms with E-state index in [-0.39, 0.29) is 17.1 Å². The van der Waals surface area contributed by atoms with Gasteiger partial charge in [-0.1, -0.05) is 12.1 Å². The molecule has 0 fully saturated rings. The van der Waals surface area contributed by atoms with E-state index in [0.29, 0.717) is 6.54 Å². The van der Waals surface area contributed by atoms with Crippen LogP contribution in [-0.2, 0) is 6.54 Å². The number of hydrogen-bond acceptors (Lipinski definition) is 6. The monoisotopic (exact) mass is 284 g/mol. The number of ether oxygens (including phenoxy) is 1. The van der Waals surface area contributed by atoms with E-state index in [0.717, 1.165) is 17.5 Å². The van der Waals surface area contributed by atoms with Gasteiger partial charge in [0.1, 0.15) is 29.4 Å². The standard InChI is InChI=1S/C14H12N4O3/c1-21-12-4-2-10(3-5-12)8-17-13-6-11(7-15)16-9-14(13)18(19)20/h2-6,9H,8H2,1H3,(H,16,17). The molecule has 7 nitrogen and oxygen atoms in total. The summed E-state index contributed by atoms with van der Waals surface area (Å²) in [5, 5.41) is 22.7. The van der Waals surface area contributed by atoms with Crippen molar-refractivity contribution < 1.29 is 9.66 Å². The number of benzene rings is 1. The summed E-state index contributed by atoms with van der Waals surface area (Å²) in [6.45, 7) is 0.389. The number of aromatic nitrogens is 1. The minimum absolute atomic E-state index is 0.123. The first-order chi connectivity index (χ1) is 10.1. The van der Waals surface area contributed by atoms with Gasteiger partial charge in [-0.05, 0) is 17.7 Å². The Balaban J connectivity index is 2.18. The number of anilines is 1. The lowest BCUT2D eigenvalue weighted by Gasteiger charge is -2.08. The molecule has 2 aromatic rings. The smallest absolute Gasteiger partial charge is 0.310 e. The van der Waals surface area contributed by atoms with E-state index in [1.165, 1.54) is 6.07 Å². The molecule has 0 atom stereocenters. The van der Waals surface area contributed by atoms with Gasteiger partial charge < -0.3 is 10.1 Å². The summed E-state index contributed by atoms with van der Waals surface area (Å²) in [6, 6.07) is 10.5. The van der Waals surface area contributed by atoms with Gasteiger partial charge in [0.25, 0.3) is 0 Å². The molecule has 1 N–H and O–H groups in total. The van der Waals surface area contributed by atoms with Crippen molar-refractivity contribution in [2.45, 2.75) is 6.54 Å². The van der Waals surface area contributed by atoms with E-state index in [9.17, 15) is 10.1 Å². The van der Waals surface area contributed by atoms with E-state index < -0.39 is 4.92 Å². The molecule has 0 aliphatic rings. The fraction of sp³-hybridized carbons (Fsp3) is 0.143. The lowest BCUT2D eigenvalue weighted by atomic mass is 10.2. The molecular formula is C14H12N4O3. The van der Waals surface area contributed by atoms with Crippen LogP contribution in [0.5, 0.6) is 5.75 Å². The first-order valence-corrected chi connectivity index (χ1v) is 6.05. The average Bonchev–Trinajstić information content (AvgIpc) is 2.52. The van der Waals surface area contributed by atoms with Gasteiger partial charge >= 0.3 is 5.69 Å². The van der Waals surface area contributed by atoms with Gasteiger partial charge in [0.05, 0.1) is 12.0 Å². The highest BCUT2D eigenvalue weighted by molar-refractivity contribution is 5.62. The van der Waals surface area contributed by atoms with Crippen LogP contribution in [0.25, 0.3) is 0 Å². The number of methoxy groups -OCH3 is 1. The molecule has 0 aliphatic carbocycles. The van der Waals surface area contributed by atoms with Gasteiger partial charge in [-0.15, -0.1) is 0 Å². The number of nitro groups is 1. The number of nitrogens with zero attached hydrogens (tertiary/aromatic N) is 3. The first-order valence-electron chi connectivity index (χ1n) is 6.05. The molecule has 0 saturated heterocycles. The van der Waals surface area contributed by atoms with Crippen LogP contribution in [0.1, 0.15) is 11.3 Å². The van der Waals surface area contributed by atoms with E-state index in [1.807, 2.05) is 18.2 Å². The van der Waals surface area contributed by atoms with Crippen LogP contribution in [0.4, 0.5) is 11.4 Å². The van der Waals surface area contributed by atoms with Gasteiger partial charge in [0.15, 0.2) is 0 Å². The Labute approximate surface area is 121 Å². The van der Waals surface area contributed by atoms with Crippen molar-refractivity contribution in [2.75, 3.05) is 12.4 Å². The molecule has 0 bridgehead atoms. The Morgan fingerprint density at radius 2 is 2.14 bits per heavy atom. The molecule has 7 heteroatoms. The van der Waals surface area contributed by atoms with Gasteiger partial charge in [0, 0.05) is 12.6 Å². The second-order valence-corrected chi connectivity index (χ2v) is 4.16. The van der Waals surface area contributed by atoms with Crippen molar-refractivity contribution in [2.24, 2.45) is 0 Å². The lowest BCUT2D eigenvalue weighted by molar-refractivity contribution is -0.384. The zero-order valence-electron chi connectivity index (χ0n) is 11.2. The van der Waals surface area contributed by atoms with Gasteiger partial charge in [-0.25, -0.2) is 4.98 Å². The maximum absolute atomic E-state index is 10.9. The van der Waals surface area contributed by atoms with Crippen LogP contribution in [0.3, 0.4) is 0 Å². The van der Waals surface area contributed by atoms with Crippen LogP contribution in [0.15, 0.2) is 36.5 Å². The largest absolute Gasteiger partial charge is 0.497 e. The Morgan fingerprint density at radius 3 is 2.71 bits per heavy atom. The molecule has 2 rings (SSSR count). The second kappa shape index (κ2) is 6.34. The second-order valence-electron chi connectivity index (χ2n) is 4.16. The molecule has 0 aliphatic heterocycles. The number of hydrogen-bond donors (Lipinski definition) is 1. The van der Waals surface area contributed by atoms with Crippen molar-refractivity contribution in [1.29, 1.82) is 5.26 Å². The maximum atomic E-state index is 10.9. The highest BCUT2D eigenvalue weighted by Gasteiger charge is 2.15. The summed E-state index contributed by atoms with van der Waals surface area (Å²) in [5.74, 6) is 0.736. The average molecular weight is 284 g/mol. The molecule has 0 spiro atoms. The zero-order chi connectivity index (χ0) is 15.2. The van der Waals surface area contributed by atoms with Crippen LogP contribution in [0.2, 0.25) is 0 Å². The normalized spacial score (nSPS) is 9.71. The number of nitriles is 1. The molecule has 0 amide bonds. The summed E-state index contributed by atoms with van der Waals surface area (Å²) in [7, 11) is 1.58. The minimum Gasteiger partial charge on any atom is -0.497 e. The third-order valence-electron chi connectivity index (χ3n) is 2.84. The van der Waals surface area contributed by atoms with Crippen molar-refractivity contribution in [3.63, 3.8) is 0 Å². The summed E-state index contributed by atoms with van der Waals surface area (Å²) >= 11 is 0. The van der Waals surface area contributed by atoms with Crippen molar-refractivity contribution in [3.8, 4) is 11.8 Å². The van der Waals surface area contributed by atoms with E-state index in [1.54, 1.807) is 19.2 Å².